The molecule has 1 heterocycles. The van der Waals surface area contributed by atoms with Gasteiger partial charge in [0.05, 0.1) is 18.1 Å². The topological polar surface area (TPSA) is 78.1 Å². The van der Waals surface area contributed by atoms with Crippen molar-refractivity contribution in [3.63, 3.8) is 0 Å². The lowest BCUT2D eigenvalue weighted by molar-refractivity contribution is 0.0967. The standard InChI is InChI=1S/C11H11N3O2S/c12-11(15)10-9(17-14-13-10)7-16-6-8-4-2-1-3-5-8/h1-5H,6-7H2,(H2,12,15). The molecular formula is C11H11N3O2S. The van der Waals surface area contributed by atoms with Gasteiger partial charge in [-0.25, -0.2) is 0 Å². The van der Waals surface area contributed by atoms with E-state index in [0.29, 0.717) is 18.1 Å². The third-order valence-corrected chi connectivity index (χ3v) is 2.83. The Bertz CT molecular complexity index is 498. The Morgan fingerprint density at radius 3 is 2.76 bits per heavy atom. The maximum absolute atomic E-state index is 11.0. The minimum Gasteiger partial charge on any atom is -0.371 e. The monoisotopic (exact) mass is 249 g/mol. The number of benzene rings is 1. The predicted octanol–water partition coefficient (Wildman–Crippen LogP) is 1.35. The molecular weight excluding hydrogens is 238 g/mol. The van der Waals surface area contributed by atoms with Gasteiger partial charge in [0.2, 0.25) is 0 Å². The summed E-state index contributed by atoms with van der Waals surface area (Å²) in [6.45, 7) is 0.780. The molecule has 1 aromatic heterocycles. The molecule has 88 valence electrons. The number of hydrogen-bond donors (Lipinski definition) is 1. The van der Waals surface area contributed by atoms with Crippen LogP contribution in [0.2, 0.25) is 0 Å². The van der Waals surface area contributed by atoms with Gasteiger partial charge in [0.25, 0.3) is 5.91 Å². The first-order valence-corrected chi connectivity index (χ1v) is 5.77. The molecule has 6 heteroatoms. The summed E-state index contributed by atoms with van der Waals surface area (Å²) in [5.74, 6) is -0.572. The van der Waals surface area contributed by atoms with Gasteiger partial charge in [-0.2, -0.15) is 0 Å². The lowest BCUT2D eigenvalue weighted by atomic mass is 10.2. The molecule has 0 saturated heterocycles. The minimum atomic E-state index is -0.572. The first kappa shape index (κ1) is 11.7. The Morgan fingerprint density at radius 1 is 1.29 bits per heavy atom. The van der Waals surface area contributed by atoms with Crippen molar-refractivity contribution < 1.29 is 9.53 Å². The van der Waals surface area contributed by atoms with Gasteiger partial charge in [-0.05, 0) is 17.1 Å². The summed E-state index contributed by atoms with van der Waals surface area (Å²) in [4.78, 5) is 11.6. The molecule has 0 aliphatic carbocycles. The van der Waals surface area contributed by atoms with E-state index in [2.05, 4.69) is 9.59 Å². The van der Waals surface area contributed by atoms with Crippen molar-refractivity contribution >= 4 is 17.4 Å². The number of amides is 1. The van der Waals surface area contributed by atoms with Crippen LogP contribution in [0.15, 0.2) is 30.3 Å². The molecule has 17 heavy (non-hydrogen) atoms. The van der Waals surface area contributed by atoms with Crippen molar-refractivity contribution in [3.8, 4) is 0 Å². The van der Waals surface area contributed by atoms with Crippen LogP contribution in [0.5, 0.6) is 0 Å². The van der Waals surface area contributed by atoms with Gasteiger partial charge >= 0.3 is 0 Å². The summed E-state index contributed by atoms with van der Waals surface area (Å²) < 4.78 is 9.16. The van der Waals surface area contributed by atoms with Crippen molar-refractivity contribution in [2.75, 3.05) is 0 Å². The second-order valence-electron chi connectivity index (χ2n) is 3.39. The normalized spacial score (nSPS) is 10.4. The highest BCUT2D eigenvalue weighted by atomic mass is 32.1. The van der Waals surface area contributed by atoms with Crippen molar-refractivity contribution in [2.45, 2.75) is 13.2 Å². The van der Waals surface area contributed by atoms with Crippen LogP contribution >= 0.6 is 11.5 Å². The molecule has 1 amide bonds. The van der Waals surface area contributed by atoms with Crippen molar-refractivity contribution in [3.05, 3.63) is 46.5 Å². The van der Waals surface area contributed by atoms with Crippen LogP contribution in [-0.4, -0.2) is 15.5 Å². The number of carbonyl (C=O) groups is 1. The summed E-state index contributed by atoms with van der Waals surface area (Å²) in [7, 11) is 0. The highest BCUT2D eigenvalue weighted by molar-refractivity contribution is 7.05. The number of rotatable bonds is 5. The first-order chi connectivity index (χ1) is 8.27. The van der Waals surface area contributed by atoms with E-state index in [0.717, 1.165) is 17.1 Å². The fourth-order valence-electron chi connectivity index (χ4n) is 1.33. The number of aromatic nitrogens is 2. The van der Waals surface area contributed by atoms with Crippen LogP contribution < -0.4 is 5.73 Å². The molecule has 0 bridgehead atoms. The highest BCUT2D eigenvalue weighted by Crippen LogP contribution is 2.12. The number of nitrogens with zero attached hydrogens (tertiary/aromatic N) is 2. The molecule has 0 unspecified atom stereocenters. The maximum atomic E-state index is 11.0. The molecule has 0 aliphatic rings. The summed E-state index contributed by atoms with van der Waals surface area (Å²) in [6, 6.07) is 9.78. The fraction of sp³-hybridized carbons (Fsp3) is 0.182. The Morgan fingerprint density at radius 2 is 2.06 bits per heavy atom. The smallest absolute Gasteiger partial charge is 0.270 e. The highest BCUT2D eigenvalue weighted by Gasteiger charge is 2.12. The van der Waals surface area contributed by atoms with E-state index in [1.165, 1.54) is 0 Å². The van der Waals surface area contributed by atoms with Gasteiger partial charge in [0.15, 0.2) is 5.69 Å². The van der Waals surface area contributed by atoms with Crippen LogP contribution in [0.25, 0.3) is 0 Å². The zero-order valence-electron chi connectivity index (χ0n) is 9.00. The lowest BCUT2D eigenvalue weighted by Gasteiger charge is -2.02. The van der Waals surface area contributed by atoms with E-state index in [-0.39, 0.29) is 5.69 Å². The number of carbonyl (C=O) groups excluding carboxylic acids is 1. The molecule has 0 spiro atoms. The Balaban J connectivity index is 1.90. The van der Waals surface area contributed by atoms with Crippen LogP contribution in [0, 0.1) is 0 Å². The van der Waals surface area contributed by atoms with E-state index in [1.54, 1.807) is 0 Å². The summed E-state index contributed by atoms with van der Waals surface area (Å²) in [5, 5.41) is 3.66. The molecule has 0 fully saturated rings. The SMILES string of the molecule is NC(=O)c1nnsc1COCc1ccccc1. The van der Waals surface area contributed by atoms with E-state index < -0.39 is 5.91 Å². The predicted molar refractivity (Wildman–Crippen MR) is 63.4 cm³/mol. The van der Waals surface area contributed by atoms with Gasteiger partial charge in [0, 0.05) is 0 Å². The van der Waals surface area contributed by atoms with E-state index >= 15 is 0 Å². The molecule has 0 radical (unpaired) electrons. The minimum absolute atomic E-state index is 0.197. The molecule has 1 aromatic carbocycles. The second kappa shape index (κ2) is 5.51. The van der Waals surface area contributed by atoms with Gasteiger partial charge in [-0.15, -0.1) is 5.10 Å². The third kappa shape index (κ3) is 3.08. The van der Waals surface area contributed by atoms with E-state index in [9.17, 15) is 4.79 Å². The molecule has 2 N–H and O–H groups in total. The van der Waals surface area contributed by atoms with Crippen molar-refractivity contribution in [1.29, 1.82) is 0 Å². The van der Waals surface area contributed by atoms with Gasteiger partial charge in [-0.3, -0.25) is 4.79 Å². The number of nitrogens with two attached hydrogens (primary N) is 1. The number of hydrogen-bond acceptors (Lipinski definition) is 5. The van der Waals surface area contributed by atoms with E-state index in [4.69, 9.17) is 10.5 Å². The summed E-state index contributed by atoms with van der Waals surface area (Å²) in [5.41, 5.74) is 6.42. The number of ether oxygens (including phenoxy) is 1. The van der Waals surface area contributed by atoms with Crippen LogP contribution in [0.3, 0.4) is 0 Å². The Kier molecular flexibility index (Phi) is 3.79. The zero-order valence-corrected chi connectivity index (χ0v) is 9.81. The quantitative estimate of drug-likeness (QED) is 0.867. The van der Waals surface area contributed by atoms with Crippen LogP contribution in [-0.2, 0) is 18.0 Å². The molecule has 0 atom stereocenters. The second-order valence-corrected chi connectivity index (χ2v) is 4.23. The Labute approximate surface area is 102 Å². The first-order valence-electron chi connectivity index (χ1n) is 5.00. The maximum Gasteiger partial charge on any atom is 0.270 e. The average Bonchev–Trinajstić information content (AvgIpc) is 2.79. The molecule has 2 aromatic rings. The summed E-state index contributed by atoms with van der Waals surface area (Å²) >= 11 is 1.13. The van der Waals surface area contributed by atoms with Crippen LogP contribution in [0.1, 0.15) is 20.9 Å². The lowest BCUT2D eigenvalue weighted by Crippen LogP contribution is -2.14. The van der Waals surface area contributed by atoms with Gasteiger partial charge in [-0.1, -0.05) is 34.8 Å². The van der Waals surface area contributed by atoms with Gasteiger partial charge in [0.1, 0.15) is 0 Å². The van der Waals surface area contributed by atoms with Crippen LogP contribution in [0.4, 0.5) is 0 Å². The average molecular weight is 249 g/mol. The molecule has 0 saturated carbocycles. The van der Waals surface area contributed by atoms with E-state index in [1.807, 2.05) is 30.3 Å². The molecule has 5 nitrogen and oxygen atoms in total. The third-order valence-electron chi connectivity index (χ3n) is 2.13. The molecule has 0 aliphatic heterocycles. The largest absolute Gasteiger partial charge is 0.371 e. The number of primary amides is 1. The van der Waals surface area contributed by atoms with Crippen molar-refractivity contribution in [2.24, 2.45) is 5.73 Å². The zero-order chi connectivity index (χ0) is 12.1. The Hall–Kier alpha value is -1.79. The molecule has 2 rings (SSSR count). The fourth-order valence-corrected chi connectivity index (χ4v) is 1.91. The summed E-state index contributed by atoms with van der Waals surface area (Å²) in [6.07, 6.45) is 0. The van der Waals surface area contributed by atoms with Crippen molar-refractivity contribution in [1.82, 2.24) is 9.59 Å². The van der Waals surface area contributed by atoms with Gasteiger partial charge < -0.3 is 10.5 Å².